The largest absolute Gasteiger partial charge is 0.484 e. The van der Waals surface area contributed by atoms with Gasteiger partial charge in [-0.2, -0.15) is 0 Å². The summed E-state index contributed by atoms with van der Waals surface area (Å²) in [4.78, 5) is 15.9. The number of hydrogen-bond acceptors (Lipinski definition) is 3. The van der Waals surface area contributed by atoms with Gasteiger partial charge in [-0.1, -0.05) is 29.3 Å². The van der Waals surface area contributed by atoms with Crippen molar-refractivity contribution in [2.45, 2.75) is 0 Å². The second kappa shape index (κ2) is 7.38. The Bertz CT molecular complexity index is 851. The van der Waals surface area contributed by atoms with Gasteiger partial charge in [-0.15, -0.1) is 0 Å². The lowest BCUT2D eigenvalue weighted by atomic mass is 10.2. The molecule has 0 aliphatic carbocycles. The Morgan fingerprint density at radius 3 is 2.79 bits per heavy atom. The molecule has 5 nitrogen and oxygen atoms in total. The molecule has 3 aromatic rings. The van der Waals surface area contributed by atoms with Crippen molar-refractivity contribution in [3.63, 3.8) is 0 Å². The van der Waals surface area contributed by atoms with Gasteiger partial charge in [0.1, 0.15) is 5.75 Å². The average molecular weight is 362 g/mol. The van der Waals surface area contributed by atoms with E-state index in [1.54, 1.807) is 65.8 Å². The van der Waals surface area contributed by atoms with Gasteiger partial charge < -0.3 is 14.6 Å². The number of nitrogens with one attached hydrogen (secondary N) is 1. The Labute approximate surface area is 148 Å². The Hall–Kier alpha value is -2.50. The number of carbonyl (C=O) groups is 1. The number of ether oxygens (including phenoxy) is 1. The van der Waals surface area contributed by atoms with E-state index in [2.05, 4.69) is 10.3 Å². The van der Waals surface area contributed by atoms with Crippen molar-refractivity contribution < 1.29 is 9.53 Å². The van der Waals surface area contributed by atoms with Crippen LogP contribution < -0.4 is 10.1 Å². The number of imidazole rings is 1. The van der Waals surface area contributed by atoms with E-state index in [0.29, 0.717) is 21.5 Å². The first kappa shape index (κ1) is 16.4. The summed E-state index contributed by atoms with van der Waals surface area (Å²) >= 11 is 12.1. The molecule has 0 fully saturated rings. The summed E-state index contributed by atoms with van der Waals surface area (Å²) in [6.07, 6.45) is 5.11. The molecule has 1 aromatic heterocycles. The number of hydrogen-bond donors (Lipinski definition) is 1. The molecule has 0 spiro atoms. The van der Waals surface area contributed by atoms with E-state index in [1.165, 1.54) is 0 Å². The molecule has 3 rings (SSSR count). The number of halogens is 2. The summed E-state index contributed by atoms with van der Waals surface area (Å²) in [6, 6.07) is 12.1. The van der Waals surface area contributed by atoms with Crippen molar-refractivity contribution in [2.24, 2.45) is 0 Å². The smallest absolute Gasteiger partial charge is 0.262 e. The van der Waals surface area contributed by atoms with Crippen molar-refractivity contribution in [2.75, 3.05) is 11.9 Å². The molecule has 1 amide bonds. The summed E-state index contributed by atoms with van der Waals surface area (Å²) in [7, 11) is 0. The predicted octanol–water partition coefficient (Wildman–Crippen LogP) is 4.20. The van der Waals surface area contributed by atoms with E-state index in [-0.39, 0.29) is 12.5 Å². The van der Waals surface area contributed by atoms with Crippen LogP contribution in [0.1, 0.15) is 0 Å². The number of rotatable bonds is 5. The SMILES string of the molecule is O=C(COc1cccc(Cl)c1)Nc1ccc(-n2ccnc2)c(Cl)c1. The first-order chi connectivity index (χ1) is 11.6. The number of benzene rings is 2. The topological polar surface area (TPSA) is 56.1 Å². The summed E-state index contributed by atoms with van der Waals surface area (Å²) in [5.74, 6) is 0.243. The van der Waals surface area contributed by atoms with Crippen LogP contribution in [0.4, 0.5) is 5.69 Å². The molecule has 1 heterocycles. The molecule has 0 aliphatic rings. The van der Waals surface area contributed by atoms with Gasteiger partial charge in [0.25, 0.3) is 5.91 Å². The molecule has 0 unspecified atom stereocenters. The Morgan fingerprint density at radius 2 is 2.08 bits per heavy atom. The highest BCUT2D eigenvalue weighted by Gasteiger charge is 2.07. The van der Waals surface area contributed by atoms with Gasteiger partial charge in [-0.05, 0) is 36.4 Å². The first-order valence-corrected chi connectivity index (χ1v) is 7.83. The third-order valence-corrected chi connectivity index (χ3v) is 3.72. The first-order valence-electron chi connectivity index (χ1n) is 7.08. The van der Waals surface area contributed by atoms with E-state index in [4.69, 9.17) is 27.9 Å². The third kappa shape index (κ3) is 4.07. The van der Waals surface area contributed by atoms with Crippen LogP contribution in [0.3, 0.4) is 0 Å². The number of amides is 1. The minimum absolute atomic E-state index is 0.124. The zero-order valence-corrected chi connectivity index (χ0v) is 14.0. The van der Waals surface area contributed by atoms with Gasteiger partial charge in [0, 0.05) is 23.1 Å². The lowest BCUT2D eigenvalue weighted by Crippen LogP contribution is -2.20. The normalized spacial score (nSPS) is 10.4. The van der Waals surface area contributed by atoms with E-state index < -0.39 is 0 Å². The van der Waals surface area contributed by atoms with Crippen LogP contribution in [0.5, 0.6) is 5.75 Å². The molecule has 0 saturated heterocycles. The predicted molar refractivity (Wildman–Crippen MR) is 94.2 cm³/mol. The highest BCUT2D eigenvalue weighted by Crippen LogP contribution is 2.24. The van der Waals surface area contributed by atoms with Crippen LogP contribution in [-0.2, 0) is 4.79 Å². The highest BCUT2D eigenvalue weighted by molar-refractivity contribution is 6.32. The molecular formula is C17H13Cl2N3O2. The Morgan fingerprint density at radius 1 is 1.21 bits per heavy atom. The lowest BCUT2D eigenvalue weighted by Gasteiger charge is -2.10. The molecular weight excluding hydrogens is 349 g/mol. The number of anilines is 1. The van der Waals surface area contributed by atoms with Crippen LogP contribution in [0.15, 0.2) is 61.2 Å². The number of aromatic nitrogens is 2. The van der Waals surface area contributed by atoms with Crippen LogP contribution in [-0.4, -0.2) is 22.1 Å². The summed E-state index contributed by atoms with van der Waals surface area (Å²) in [5, 5.41) is 3.79. The molecule has 1 N–H and O–H groups in total. The molecule has 0 bridgehead atoms. The molecule has 0 saturated carbocycles. The van der Waals surface area contributed by atoms with E-state index in [9.17, 15) is 4.79 Å². The van der Waals surface area contributed by atoms with E-state index in [0.717, 1.165) is 5.69 Å². The summed E-state index contributed by atoms with van der Waals surface area (Å²) in [5.41, 5.74) is 1.37. The maximum atomic E-state index is 12.0. The van der Waals surface area contributed by atoms with Crippen molar-refractivity contribution in [3.8, 4) is 11.4 Å². The van der Waals surface area contributed by atoms with Crippen LogP contribution >= 0.6 is 23.2 Å². The number of carbonyl (C=O) groups excluding carboxylic acids is 1. The minimum Gasteiger partial charge on any atom is -0.484 e. The van der Waals surface area contributed by atoms with Crippen LogP contribution in [0.25, 0.3) is 5.69 Å². The second-order valence-electron chi connectivity index (χ2n) is 4.93. The standard InChI is InChI=1S/C17H13Cl2N3O2/c18-12-2-1-3-14(8-12)24-10-17(23)21-13-4-5-16(15(19)9-13)22-7-6-20-11-22/h1-9,11H,10H2,(H,21,23). The van der Waals surface area contributed by atoms with E-state index in [1.807, 2.05) is 0 Å². The third-order valence-electron chi connectivity index (χ3n) is 3.18. The van der Waals surface area contributed by atoms with Gasteiger partial charge in [0.05, 0.1) is 17.0 Å². The monoisotopic (exact) mass is 361 g/mol. The molecule has 0 radical (unpaired) electrons. The molecule has 2 aromatic carbocycles. The summed E-state index contributed by atoms with van der Waals surface area (Å²) < 4.78 is 7.18. The molecule has 0 atom stereocenters. The number of nitrogens with zero attached hydrogens (tertiary/aromatic N) is 2. The maximum absolute atomic E-state index is 12.0. The van der Waals surface area contributed by atoms with Gasteiger partial charge in [0.2, 0.25) is 0 Å². The second-order valence-corrected chi connectivity index (χ2v) is 5.77. The van der Waals surface area contributed by atoms with Gasteiger partial charge in [-0.3, -0.25) is 4.79 Å². The Balaban J connectivity index is 1.61. The quantitative estimate of drug-likeness (QED) is 0.740. The van der Waals surface area contributed by atoms with Crippen molar-refractivity contribution in [3.05, 3.63) is 71.2 Å². The van der Waals surface area contributed by atoms with Crippen molar-refractivity contribution in [1.82, 2.24) is 9.55 Å². The summed E-state index contributed by atoms with van der Waals surface area (Å²) in [6.45, 7) is -0.124. The lowest BCUT2D eigenvalue weighted by molar-refractivity contribution is -0.118. The molecule has 0 aliphatic heterocycles. The van der Waals surface area contributed by atoms with Crippen LogP contribution in [0, 0.1) is 0 Å². The van der Waals surface area contributed by atoms with Gasteiger partial charge in [0.15, 0.2) is 6.61 Å². The zero-order valence-electron chi connectivity index (χ0n) is 12.4. The fourth-order valence-corrected chi connectivity index (χ4v) is 2.56. The average Bonchev–Trinajstić information content (AvgIpc) is 3.07. The van der Waals surface area contributed by atoms with Crippen LogP contribution in [0.2, 0.25) is 10.0 Å². The van der Waals surface area contributed by atoms with Gasteiger partial charge in [-0.25, -0.2) is 4.98 Å². The molecule has 122 valence electrons. The molecule has 24 heavy (non-hydrogen) atoms. The zero-order chi connectivity index (χ0) is 16.9. The minimum atomic E-state index is -0.290. The fourth-order valence-electron chi connectivity index (χ4n) is 2.10. The highest BCUT2D eigenvalue weighted by atomic mass is 35.5. The van der Waals surface area contributed by atoms with Crippen molar-refractivity contribution in [1.29, 1.82) is 0 Å². The fraction of sp³-hybridized carbons (Fsp3) is 0.0588. The Kier molecular flexibility index (Phi) is 5.03. The molecule has 7 heteroatoms. The van der Waals surface area contributed by atoms with Gasteiger partial charge >= 0.3 is 0 Å². The maximum Gasteiger partial charge on any atom is 0.262 e. The van der Waals surface area contributed by atoms with E-state index >= 15 is 0 Å². The van der Waals surface area contributed by atoms with Crippen molar-refractivity contribution >= 4 is 34.8 Å².